The topological polar surface area (TPSA) is 66.4 Å². The summed E-state index contributed by atoms with van der Waals surface area (Å²) in [6, 6.07) is -1.17. The highest BCUT2D eigenvalue weighted by Crippen LogP contribution is 2.14. The number of amides is 1. The lowest BCUT2D eigenvalue weighted by molar-refractivity contribution is -0.173. The number of alkyl halides is 3. The van der Waals surface area contributed by atoms with Crippen LogP contribution in [-0.4, -0.2) is 29.2 Å². The lowest BCUT2D eigenvalue weighted by atomic mass is 10.3. The maximum absolute atomic E-state index is 11.6. The summed E-state index contributed by atoms with van der Waals surface area (Å²) in [5.41, 5.74) is 0. The Balaban J connectivity index is 4.23. The van der Waals surface area contributed by atoms with Gasteiger partial charge in [-0.05, 0) is 6.92 Å². The molecule has 0 spiro atoms. The van der Waals surface area contributed by atoms with Crippen LogP contribution in [0.25, 0.3) is 0 Å². The van der Waals surface area contributed by atoms with Gasteiger partial charge in [0.2, 0.25) is 0 Å². The van der Waals surface area contributed by atoms with Gasteiger partial charge in [0, 0.05) is 5.92 Å². The number of carboxylic acid groups (broad SMARTS) is 1. The molecule has 0 aliphatic heterocycles. The zero-order valence-electron chi connectivity index (χ0n) is 6.97. The van der Waals surface area contributed by atoms with Gasteiger partial charge in [-0.3, -0.25) is 4.79 Å². The fourth-order valence-corrected chi connectivity index (χ4v) is 0.485. The molecule has 0 fully saturated rings. The summed E-state index contributed by atoms with van der Waals surface area (Å²) in [6.45, 7) is 1.14. The zero-order chi connectivity index (χ0) is 11.4. The molecule has 0 radical (unpaired) electrons. The highest BCUT2D eigenvalue weighted by molar-refractivity contribution is 5.87. The Hall–Kier alpha value is -1.71. The maximum atomic E-state index is 11.6. The van der Waals surface area contributed by atoms with Gasteiger partial charge in [0.25, 0.3) is 0 Å². The predicted molar refractivity (Wildman–Crippen MR) is 39.1 cm³/mol. The molecule has 0 aliphatic rings. The molecule has 4 nitrogen and oxygen atoms in total. The van der Waals surface area contributed by atoms with E-state index in [1.807, 2.05) is 5.92 Å². The van der Waals surface area contributed by atoms with Crippen molar-refractivity contribution in [3.8, 4) is 11.8 Å². The van der Waals surface area contributed by atoms with Gasteiger partial charge >= 0.3 is 18.1 Å². The zero-order valence-corrected chi connectivity index (χ0v) is 6.97. The number of nitrogens with one attached hydrogen (secondary N) is 1. The molecular formula is C7H6F3NO3. The summed E-state index contributed by atoms with van der Waals surface area (Å²) in [5.74, 6) is -0.132. The second kappa shape index (κ2) is 4.50. The van der Waals surface area contributed by atoms with Crippen LogP contribution in [0.2, 0.25) is 0 Å². The summed E-state index contributed by atoms with van der Waals surface area (Å²) < 4.78 is 34.9. The second-order valence-electron chi connectivity index (χ2n) is 2.27. The van der Waals surface area contributed by atoms with Crippen LogP contribution < -0.4 is 5.32 Å². The number of halogens is 3. The highest BCUT2D eigenvalue weighted by atomic mass is 19.4. The van der Waals surface area contributed by atoms with E-state index < -0.39 is 24.1 Å². The van der Waals surface area contributed by atoms with Crippen molar-refractivity contribution < 1.29 is 27.9 Å². The standard InChI is InChI=1S/C7H6F3NO3/c1-4(2-3-5(12)13)11-6(14)7(8,9)10/h4H,1H3,(H,11,14)(H,12,13). The molecular weight excluding hydrogens is 203 g/mol. The third-order valence-corrected chi connectivity index (χ3v) is 1.00. The van der Waals surface area contributed by atoms with Crippen molar-refractivity contribution in [1.29, 1.82) is 0 Å². The summed E-state index contributed by atoms with van der Waals surface area (Å²) >= 11 is 0. The molecule has 0 aromatic rings. The molecule has 0 rings (SSSR count). The van der Waals surface area contributed by atoms with E-state index in [0.717, 1.165) is 6.92 Å². The molecule has 1 amide bonds. The van der Waals surface area contributed by atoms with Crippen LogP contribution in [0.5, 0.6) is 0 Å². The summed E-state index contributed by atoms with van der Waals surface area (Å²) in [4.78, 5) is 20.1. The van der Waals surface area contributed by atoms with Gasteiger partial charge in [-0.2, -0.15) is 13.2 Å². The van der Waals surface area contributed by atoms with Crippen molar-refractivity contribution in [2.24, 2.45) is 0 Å². The van der Waals surface area contributed by atoms with Crippen molar-refractivity contribution >= 4 is 11.9 Å². The molecule has 78 valence electrons. The van der Waals surface area contributed by atoms with E-state index in [2.05, 4.69) is 0 Å². The minimum Gasteiger partial charge on any atom is -0.472 e. The van der Waals surface area contributed by atoms with Crippen molar-refractivity contribution in [1.82, 2.24) is 5.32 Å². The smallest absolute Gasteiger partial charge is 0.471 e. The molecule has 0 saturated heterocycles. The fourth-order valence-electron chi connectivity index (χ4n) is 0.485. The van der Waals surface area contributed by atoms with Crippen LogP contribution in [0.15, 0.2) is 0 Å². The average molecular weight is 209 g/mol. The number of aliphatic carboxylic acids is 1. The highest BCUT2D eigenvalue weighted by Gasteiger charge is 2.38. The number of carbonyl (C=O) groups excluding carboxylic acids is 1. The van der Waals surface area contributed by atoms with E-state index in [9.17, 15) is 22.8 Å². The van der Waals surface area contributed by atoms with Gasteiger partial charge in [0.05, 0.1) is 6.04 Å². The van der Waals surface area contributed by atoms with Crippen molar-refractivity contribution in [2.75, 3.05) is 0 Å². The summed E-state index contributed by atoms with van der Waals surface area (Å²) in [6.07, 6.45) is -4.99. The molecule has 0 aromatic carbocycles. The van der Waals surface area contributed by atoms with Crippen LogP contribution in [-0.2, 0) is 9.59 Å². The lowest BCUT2D eigenvalue weighted by Crippen LogP contribution is -2.41. The largest absolute Gasteiger partial charge is 0.472 e. The Kier molecular flexibility index (Phi) is 3.95. The number of rotatable bonds is 1. The van der Waals surface area contributed by atoms with Crippen LogP contribution >= 0.6 is 0 Å². The van der Waals surface area contributed by atoms with Gasteiger partial charge in [0.1, 0.15) is 0 Å². The van der Waals surface area contributed by atoms with E-state index in [0.29, 0.717) is 0 Å². The number of carboxylic acids is 1. The Bertz CT molecular complexity index is 300. The predicted octanol–water partition coefficient (Wildman–Crippen LogP) is 0.141. The van der Waals surface area contributed by atoms with E-state index in [-0.39, 0.29) is 0 Å². The quantitative estimate of drug-likeness (QED) is 0.604. The van der Waals surface area contributed by atoms with E-state index in [1.165, 1.54) is 5.32 Å². The van der Waals surface area contributed by atoms with Crippen LogP contribution in [0.3, 0.4) is 0 Å². The molecule has 1 unspecified atom stereocenters. The Morgan fingerprint density at radius 2 is 1.93 bits per heavy atom. The minimum absolute atomic E-state index is 1.14. The third kappa shape index (κ3) is 5.03. The monoisotopic (exact) mass is 209 g/mol. The first kappa shape index (κ1) is 12.3. The Morgan fingerprint density at radius 1 is 1.43 bits per heavy atom. The second-order valence-corrected chi connectivity index (χ2v) is 2.27. The third-order valence-electron chi connectivity index (χ3n) is 1.00. The molecule has 2 N–H and O–H groups in total. The molecule has 0 heterocycles. The molecule has 0 bridgehead atoms. The van der Waals surface area contributed by atoms with Gasteiger partial charge < -0.3 is 10.4 Å². The number of hydrogen-bond acceptors (Lipinski definition) is 2. The molecule has 0 saturated carbocycles. The average Bonchev–Trinajstić information content (AvgIpc) is 1.99. The molecule has 14 heavy (non-hydrogen) atoms. The first-order valence-corrected chi connectivity index (χ1v) is 3.35. The first-order chi connectivity index (χ1) is 6.23. The Labute approximate surface area is 77.1 Å². The molecule has 0 aliphatic carbocycles. The number of hydrogen-bond donors (Lipinski definition) is 2. The van der Waals surface area contributed by atoms with Crippen LogP contribution in [0.1, 0.15) is 6.92 Å². The Morgan fingerprint density at radius 3 is 2.29 bits per heavy atom. The van der Waals surface area contributed by atoms with Gasteiger partial charge in [-0.25, -0.2) is 4.79 Å². The summed E-state index contributed by atoms with van der Waals surface area (Å²) in [5, 5.41) is 9.52. The molecule has 7 heteroatoms. The van der Waals surface area contributed by atoms with E-state index in [4.69, 9.17) is 5.11 Å². The van der Waals surface area contributed by atoms with Crippen LogP contribution in [0, 0.1) is 11.8 Å². The van der Waals surface area contributed by atoms with Crippen molar-refractivity contribution in [3.63, 3.8) is 0 Å². The van der Waals surface area contributed by atoms with Gasteiger partial charge in [-0.1, -0.05) is 5.92 Å². The fraction of sp³-hybridized carbons (Fsp3) is 0.429. The molecule has 1 atom stereocenters. The van der Waals surface area contributed by atoms with Crippen molar-refractivity contribution in [2.45, 2.75) is 19.1 Å². The minimum atomic E-state index is -4.99. The van der Waals surface area contributed by atoms with Crippen LogP contribution in [0.4, 0.5) is 13.2 Å². The normalized spacial score (nSPS) is 12.3. The van der Waals surface area contributed by atoms with E-state index >= 15 is 0 Å². The maximum Gasteiger partial charge on any atom is 0.471 e. The van der Waals surface area contributed by atoms with Crippen molar-refractivity contribution in [3.05, 3.63) is 0 Å². The lowest BCUT2D eigenvalue weighted by Gasteiger charge is -2.09. The SMILES string of the molecule is CC(C#CC(=O)O)NC(=O)C(F)(F)F. The first-order valence-electron chi connectivity index (χ1n) is 3.35. The van der Waals surface area contributed by atoms with Gasteiger partial charge in [-0.15, -0.1) is 0 Å². The summed E-state index contributed by atoms with van der Waals surface area (Å²) in [7, 11) is 0. The van der Waals surface area contributed by atoms with Gasteiger partial charge in [0.15, 0.2) is 0 Å². The molecule has 0 aromatic heterocycles. The number of carbonyl (C=O) groups is 2. The van der Waals surface area contributed by atoms with E-state index in [1.54, 1.807) is 5.92 Å².